The molecule has 0 aliphatic rings. The van der Waals surface area contributed by atoms with Crippen LogP contribution in [0, 0.1) is 0 Å². The summed E-state index contributed by atoms with van der Waals surface area (Å²) in [6.45, 7) is 0. The Balaban J connectivity index is 0. The third kappa shape index (κ3) is 8.92. The van der Waals surface area contributed by atoms with Crippen LogP contribution in [0.4, 0.5) is 0 Å². The van der Waals surface area contributed by atoms with E-state index >= 15 is 0 Å². The molecule has 0 fully saturated rings. The molecule has 4 heavy (non-hydrogen) atoms. The molecule has 16 valence electrons. The van der Waals surface area contributed by atoms with Crippen LogP contribution in [0.15, 0.2) is 0 Å². The Morgan fingerprint density at radius 3 is 0.500 bits per heavy atom. The van der Waals surface area contributed by atoms with Crippen LogP contribution < -0.4 is 59.1 Å². The minimum absolute atomic E-state index is 0. The van der Waals surface area contributed by atoms with E-state index in [1.807, 2.05) is 0 Å². The van der Waals surface area contributed by atoms with Gasteiger partial charge in [-0.25, -0.2) is 0 Å². The second-order valence-corrected chi connectivity index (χ2v) is 0. The zero-order valence-corrected chi connectivity index (χ0v) is 6.00. The van der Waals surface area contributed by atoms with Crippen LogP contribution in [0.25, 0.3) is 0 Å². The van der Waals surface area contributed by atoms with Crippen LogP contribution in [0.3, 0.4) is 0 Å². The molecule has 0 aliphatic heterocycles. The minimum atomic E-state index is 0. The van der Waals surface area contributed by atoms with Gasteiger partial charge < -0.3 is 0 Å². The van der Waals surface area contributed by atoms with Crippen LogP contribution in [-0.2, 0) is 0 Å². The van der Waals surface area contributed by atoms with Crippen LogP contribution in [0.1, 0.15) is 0 Å². The van der Waals surface area contributed by atoms with Gasteiger partial charge in [0.05, 0.1) is 0 Å². The Kier molecular flexibility index (Phi) is 171. The average Bonchev–Trinajstić information content (AvgIpc) is 0. The van der Waals surface area contributed by atoms with Crippen molar-refractivity contribution in [1.29, 1.82) is 0 Å². The summed E-state index contributed by atoms with van der Waals surface area (Å²) in [7, 11) is 0. The molecule has 0 heterocycles. The van der Waals surface area contributed by atoms with E-state index in [-0.39, 0.29) is 75.9 Å². The minimum Gasteiger partial charge on any atom is -0.0626 e. The van der Waals surface area contributed by atoms with Gasteiger partial charge >= 0.3 is 59.1 Å². The maximum absolute atomic E-state index is 0. The smallest absolute Gasteiger partial charge is 0.0626 e. The monoisotopic (exact) mass is 76.1 g/mol. The van der Waals surface area contributed by atoms with Crippen molar-refractivity contribution < 1.29 is 59.1 Å². The van der Waals surface area contributed by atoms with Crippen LogP contribution in [0.2, 0.25) is 0 Å². The fraction of sp³-hybridized carbons (Fsp3) is 0. The van der Waals surface area contributed by atoms with Gasteiger partial charge in [-0.2, -0.15) is 0 Å². The number of rotatable bonds is 0. The van der Waals surface area contributed by atoms with Crippen molar-refractivity contribution in [3.05, 3.63) is 0 Å². The fourth-order valence-electron chi connectivity index (χ4n) is 0. The summed E-state index contributed by atoms with van der Waals surface area (Å²) in [6, 6.07) is 0. The van der Waals surface area contributed by atoms with Crippen LogP contribution in [0.5, 0.6) is 0 Å². The standard InChI is InChI=1S/2BH4.2Na/h2*1H4;;/q2*-1;2*+1. The van der Waals surface area contributed by atoms with Crippen LogP contribution >= 0.6 is 0 Å². The third-order valence-electron chi connectivity index (χ3n) is 0. The molecule has 0 aromatic heterocycles. The molecule has 0 aromatic carbocycles. The second kappa shape index (κ2) is 19.3. The van der Waals surface area contributed by atoms with E-state index < -0.39 is 0 Å². The van der Waals surface area contributed by atoms with Gasteiger partial charge in [0.15, 0.2) is 0 Å². The Bertz CT molecular complexity index is 4.00. The van der Waals surface area contributed by atoms with Gasteiger partial charge in [0, 0.05) is 0 Å². The van der Waals surface area contributed by atoms with Gasteiger partial charge in [-0.3, -0.25) is 0 Å². The van der Waals surface area contributed by atoms with Crippen molar-refractivity contribution in [2.75, 3.05) is 0 Å². The molecule has 0 atom stereocenters. The van der Waals surface area contributed by atoms with Gasteiger partial charge in [-0.1, -0.05) is 16.8 Å². The molecule has 0 bridgehead atoms. The zero-order valence-electron chi connectivity index (χ0n) is 2.00. The molecule has 0 saturated heterocycles. The summed E-state index contributed by atoms with van der Waals surface area (Å²) < 4.78 is 0. The Hall–Kier alpha value is 2.13. The molecule has 4 heteroatoms. The first-order chi connectivity index (χ1) is 0. The van der Waals surface area contributed by atoms with Gasteiger partial charge in [0.1, 0.15) is 0 Å². The summed E-state index contributed by atoms with van der Waals surface area (Å²) in [5, 5.41) is 0. The Labute approximate surface area is 74.8 Å². The summed E-state index contributed by atoms with van der Waals surface area (Å²) >= 11 is 0. The third-order valence-corrected chi connectivity index (χ3v) is 0. The van der Waals surface area contributed by atoms with Gasteiger partial charge in [0.2, 0.25) is 0 Å². The zero-order chi connectivity index (χ0) is 0. The normalized spacial score (nSPS) is 0. The SMILES string of the molecule is [BH4-].[BH4-].[Na+].[Na+]. The molecule has 0 nitrogen and oxygen atoms in total. The molecule has 0 amide bonds. The van der Waals surface area contributed by atoms with Gasteiger partial charge in [-0.05, 0) is 0 Å². The van der Waals surface area contributed by atoms with Crippen molar-refractivity contribution >= 4 is 16.8 Å². The predicted octanol–water partition coefficient (Wildman–Crippen LogP) is -8.90. The first-order valence-electron chi connectivity index (χ1n) is 0. The molecule has 0 unspecified atom stereocenters. The number of hydrogen-bond acceptors (Lipinski definition) is 0. The van der Waals surface area contributed by atoms with Crippen molar-refractivity contribution in [2.24, 2.45) is 0 Å². The molecule has 0 spiro atoms. The second-order valence-electron chi connectivity index (χ2n) is 0. The molecular weight excluding hydrogens is 67.6 g/mol. The van der Waals surface area contributed by atoms with Crippen molar-refractivity contribution in [2.45, 2.75) is 0 Å². The fourth-order valence-corrected chi connectivity index (χ4v) is 0. The van der Waals surface area contributed by atoms with E-state index in [2.05, 4.69) is 0 Å². The van der Waals surface area contributed by atoms with Crippen molar-refractivity contribution in [1.82, 2.24) is 0 Å². The summed E-state index contributed by atoms with van der Waals surface area (Å²) in [5.41, 5.74) is 0. The first-order valence-corrected chi connectivity index (χ1v) is 0. The van der Waals surface area contributed by atoms with Crippen LogP contribution in [-0.4, -0.2) is 16.8 Å². The summed E-state index contributed by atoms with van der Waals surface area (Å²) in [4.78, 5) is 0. The van der Waals surface area contributed by atoms with E-state index in [1.165, 1.54) is 0 Å². The number of hydrogen-bond donors (Lipinski definition) is 0. The maximum Gasteiger partial charge on any atom is 1.00 e. The quantitative estimate of drug-likeness (QED) is 0.251. The van der Waals surface area contributed by atoms with Crippen molar-refractivity contribution in [3.8, 4) is 0 Å². The molecular formula is H8B2Na2. The average molecular weight is 75.7 g/mol. The largest absolute Gasteiger partial charge is 1.00 e. The topological polar surface area (TPSA) is 0 Å². The Morgan fingerprint density at radius 1 is 0.500 bits per heavy atom. The van der Waals surface area contributed by atoms with E-state index in [0.29, 0.717) is 0 Å². The molecule has 0 rings (SSSR count). The molecule has 0 radical (unpaired) electrons. The van der Waals surface area contributed by atoms with Crippen molar-refractivity contribution in [3.63, 3.8) is 0 Å². The molecule has 0 aliphatic carbocycles. The summed E-state index contributed by atoms with van der Waals surface area (Å²) in [6.07, 6.45) is 0. The van der Waals surface area contributed by atoms with Gasteiger partial charge in [0.25, 0.3) is 0 Å². The maximum atomic E-state index is 0. The Morgan fingerprint density at radius 2 is 0.500 bits per heavy atom. The van der Waals surface area contributed by atoms with Gasteiger partial charge in [-0.15, -0.1) is 0 Å². The summed E-state index contributed by atoms with van der Waals surface area (Å²) in [5.74, 6) is 0. The molecule has 0 aromatic rings. The van der Waals surface area contributed by atoms with E-state index in [0.717, 1.165) is 0 Å². The van der Waals surface area contributed by atoms with E-state index in [4.69, 9.17) is 0 Å². The predicted molar refractivity (Wildman–Crippen MR) is 22.7 cm³/mol. The van der Waals surface area contributed by atoms with E-state index in [9.17, 15) is 0 Å². The molecule has 0 saturated carbocycles. The first kappa shape index (κ1) is 35.6. The van der Waals surface area contributed by atoms with E-state index in [1.54, 1.807) is 0 Å². The molecule has 0 N–H and O–H groups in total.